The maximum atomic E-state index is 11.3. The van der Waals surface area contributed by atoms with Crippen LogP contribution in [0.15, 0.2) is 59.5 Å². The Kier molecular flexibility index (Phi) is 3.83. The van der Waals surface area contributed by atoms with Gasteiger partial charge < -0.3 is 0 Å². The number of rotatable bonds is 3. The normalized spacial score (nSPS) is 11.4. The average Bonchev–Trinajstić information content (AvgIpc) is 2.30. The molecule has 0 amide bonds. The maximum absolute atomic E-state index is 11.3. The minimum absolute atomic E-state index is 0.216. The van der Waals surface area contributed by atoms with E-state index < -0.39 is 9.84 Å². The molecule has 0 saturated carbocycles. The van der Waals surface area contributed by atoms with E-state index in [1.165, 1.54) is 13.4 Å². The monoisotopic (exact) mass is 359 g/mol. The summed E-state index contributed by atoms with van der Waals surface area (Å²) in [6.07, 6.45) is 1.23. The Morgan fingerprint density at radius 2 is 1.35 bits per heavy atom. The third-order valence-electron chi connectivity index (χ3n) is 2.19. The highest BCUT2D eigenvalue weighted by molar-refractivity contribution is 7.90. The van der Waals surface area contributed by atoms with Crippen molar-refractivity contribution in [3.05, 3.63) is 61.7 Å². The molecule has 0 heterocycles. The van der Waals surface area contributed by atoms with Gasteiger partial charge in [0.25, 0.3) is 0 Å². The summed E-state index contributed by atoms with van der Waals surface area (Å²) in [6.45, 7) is 0. The largest absolute Gasteiger partial charge is 0.357 e. The van der Waals surface area contributed by atoms with Gasteiger partial charge in [0.2, 0.25) is 0 Å². The number of benzene rings is 2. The van der Waals surface area contributed by atoms with Crippen LogP contribution in [-0.4, -0.2) is 14.7 Å². The molecule has 2 aromatic rings. The fourth-order valence-corrected chi connectivity index (χ4v) is 4.19. The van der Waals surface area contributed by atoms with Crippen molar-refractivity contribution in [1.29, 1.82) is 0 Å². The Morgan fingerprint density at radius 3 is 1.88 bits per heavy atom. The predicted octanol–water partition coefficient (Wildman–Crippen LogP) is -0.781. The van der Waals surface area contributed by atoms with Crippen LogP contribution in [-0.2, 0) is 9.84 Å². The molecule has 0 bridgehead atoms. The van der Waals surface area contributed by atoms with Crippen molar-refractivity contribution in [2.75, 3.05) is 6.26 Å². The van der Waals surface area contributed by atoms with E-state index in [-0.39, 0.29) is 21.2 Å². The first kappa shape index (κ1) is 12.6. The molecule has 2 rings (SSSR count). The second-order valence-electron chi connectivity index (χ2n) is 3.62. The smallest absolute Gasteiger partial charge is 0.224 e. The van der Waals surface area contributed by atoms with E-state index in [0.29, 0.717) is 4.90 Å². The Hall–Kier alpha value is -0.880. The Bertz CT molecular complexity index is 589. The molecule has 4 heteroatoms. The van der Waals surface area contributed by atoms with Gasteiger partial charge >= 0.3 is 21.2 Å². The Morgan fingerprint density at radius 1 is 0.824 bits per heavy atom. The zero-order valence-electron chi connectivity index (χ0n) is 9.30. The predicted molar refractivity (Wildman–Crippen MR) is 63.4 cm³/mol. The molecule has 0 saturated heterocycles. The standard InChI is InChI=1S/C13H12IO2S/c1-17(15,16)13-9-7-12(8-10-13)14-11-5-3-2-4-6-11/h2-10H,1H3/q+1. The van der Waals surface area contributed by atoms with Crippen LogP contribution >= 0.6 is 0 Å². The zero-order chi connectivity index (χ0) is 12.3. The number of sulfone groups is 1. The topological polar surface area (TPSA) is 34.1 Å². The Balaban J connectivity index is 2.20. The molecule has 2 nitrogen and oxygen atoms in total. The molecular formula is C13H12IO2S+. The molecule has 0 aliphatic rings. The van der Waals surface area contributed by atoms with Gasteiger partial charge in [0.05, 0.1) is 4.90 Å². The van der Waals surface area contributed by atoms with Crippen molar-refractivity contribution in [2.24, 2.45) is 0 Å². The van der Waals surface area contributed by atoms with Crippen molar-refractivity contribution in [3.63, 3.8) is 0 Å². The molecule has 0 aliphatic heterocycles. The molecule has 0 unspecified atom stereocenters. The first-order valence-corrected chi connectivity index (χ1v) is 9.10. The fourth-order valence-electron chi connectivity index (χ4n) is 1.35. The lowest BCUT2D eigenvalue weighted by Gasteiger charge is -1.95. The number of hydrogen-bond acceptors (Lipinski definition) is 2. The third-order valence-corrected chi connectivity index (χ3v) is 6.01. The summed E-state index contributed by atoms with van der Waals surface area (Å²) in [4.78, 5) is 0.387. The van der Waals surface area contributed by atoms with Crippen LogP contribution in [0.1, 0.15) is 0 Å². The minimum atomic E-state index is -3.08. The summed E-state index contributed by atoms with van der Waals surface area (Å²) in [6, 6.07) is 17.5. The van der Waals surface area contributed by atoms with Gasteiger partial charge in [-0.3, -0.25) is 0 Å². The van der Waals surface area contributed by atoms with Crippen LogP contribution < -0.4 is 21.2 Å². The highest BCUT2D eigenvalue weighted by atomic mass is 127. The van der Waals surface area contributed by atoms with E-state index in [2.05, 4.69) is 12.1 Å². The average molecular weight is 359 g/mol. The van der Waals surface area contributed by atoms with Gasteiger partial charge in [-0.05, 0) is 36.4 Å². The molecule has 0 fully saturated rings. The molecule has 2 aromatic carbocycles. The molecule has 0 aliphatic carbocycles. The summed E-state index contributed by atoms with van der Waals surface area (Å²) in [5.74, 6) is 0. The van der Waals surface area contributed by atoms with E-state index in [4.69, 9.17) is 0 Å². The van der Waals surface area contributed by atoms with Gasteiger partial charge in [0.1, 0.15) is 0 Å². The highest BCUT2D eigenvalue weighted by Crippen LogP contribution is 2.06. The van der Waals surface area contributed by atoms with Crippen LogP contribution in [0.2, 0.25) is 0 Å². The Labute approximate surface area is 112 Å². The maximum Gasteiger partial charge on any atom is 0.357 e. The highest BCUT2D eigenvalue weighted by Gasteiger charge is 2.15. The lowest BCUT2D eigenvalue weighted by molar-refractivity contribution is -0.597. The van der Waals surface area contributed by atoms with Crippen LogP contribution in [0, 0.1) is 7.14 Å². The number of hydrogen-bond donors (Lipinski definition) is 0. The van der Waals surface area contributed by atoms with E-state index in [1.807, 2.05) is 30.3 Å². The lowest BCUT2D eigenvalue weighted by atomic mass is 10.4. The van der Waals surface area contributed by atoms with Crippen molar-refractivity contribution in [3.8, 4) is 0 Å². The molecular weight excluding hydrogens is 347 g/mol. The fraction of sp³-hybridized carbons (Fsp3) is 0.0769. The van der Waals surface area contributed by atoms with Gasteiger partial charge in [-0.15, -0.1) is 0 Å². The van der Waals surface area contributed by atoms with Crippen molar-refractivity contribution < 1.29 is 29.6 Å². The summed E-state index contributed by atoms with van der Waals surface area (Å²) in [5.41, 5.74) is 0. The molecule has 0 radical (unpaired) electrons. The second-order valence-corrected chi connectivity index (χ2v) is 8.66. The number of halogens is 1. The van der Waals surface area contributed by atoms with Gasteiger partial charge in [-0.2, -0.15) is 0 Å². The molecule has 0 aromatic heterocycles. The van der Waals surface area contributed by atoms with Crippen LogP contribution in [0.5, 0.6) is 0 Å². The van der Waals surface area contributed by atoms with Crippen LogP contribution in [0.25, 0.3) is 0 Å². The van der Waals surface area contributed by atoms with Crippen LogP contribution in [0.3, 0.4) is 0 Å². The SMILES string of the molecule is CS(=O)(=O)c1ccc([I+]c2ccccc2)cc1. The van der Waals surface area contributed by atoms with E-state index in [9.17, 15) is 8.42 Å². The van der Waals surface area contributed by atoms with Crippen molar-refractivity contribution >= 4 is 9.84 Å². The van der Waals surface area contributed by atoms with Gasteiger partial charge in [-0.1, -0.05) is 18.2 Å². The van der Waals surface area contributed by atoms with Crippen LogP contribution in [0.4, 0.5) is 0 Å². The minimum Gasteiger partial charge on any atom is -0.224 e. The first-order chi connectivity index (χ1) is 8.05. The summed E-state index contributed by atoms with van der Waals surface area (Å²) < 4.78 is 25.2. The summed E-state index contributed by atoms with van der Waals surface area (Å²) >= 11 is -0.216. The molecule has 0 atom stereocenters. The van der Waals surface area contributed by atoms with Gasteiger partial charge in [0, 0.05) is 6.26 Å². The molecule has 17 heavy (non-hydrogen) atoms. The van der Waals surface area contributed by atoms with Gasteiger partial charge in [0.15, 0.2) is 17.0 Å². The summed E-state index contributed by atoms with van der Waals surface area (Å²) in [5, 5.41) is 0. The molecule has 0 N–H and O–H groups in total. The van der Waals surface area contributed by atoms with E-state index in [0.717, 1.165) is 0 Å². The van der Waals surface area contributed by atoms with E-state index in [1.54, 1.807) is 12.1 Å². The first-order valence-electron chi connectivity index (χ1n) is 5.06. The third kappa shape index (κ3) is 3.54. The lowest BCUT2D eigenvalue weighted by Crippen LogP contribution is -3.61. The quantitative estimate of drug-likeness (QED) is 0.674. The van der Waals surface area contributed by atoms with Gasteiger partial charge in [-0.25, -0.2) is 8.42 Å². The molecule has 88 valence electrons. The van der Waals surface area contributed by atoms with E-state index >= 15 is 0 Å². The second kappa shape index (κ2) is 5.18. The summed E-state index contributed by atoms with van der Waals surface area (Å²) in [7, 11) is -3.08. The molecule has 0 spiro atoms. The zero-order valence-corrected chi connectivity index (χ0v) is 12.3. The van der Waals surface area contributed by atoms with Crippen molar-refractivity contribution in [1.82, 2.24) is 0 Å². The van der Waals surface area contributed by atoms with Crippen molar-refractivity contribution in [2.45, 2.75) is 4.90 Å².